The highest BCUT2D eigenvalue weighted by Crippen LogP contribution is 2.41. The number of carbonyl (C=O) groups is 2. The number of carbonyl (C=O) groups excluding carboxylic acids is 2. The van der Waals surface area contributed by atoms with Crippen molar-refractivity contribution >= 4 is 46.6 Å². The highest BCUT2D eigenvalue weighted by Gasteiger charge is 2.37. The largest absolute Gasteiger partial charge is 0.468 e. The molecule has 2 heterocycles. The molecule has 0 saturated carbocycles. The van der Waals surface area contributed by atoms with Gasteiger partial charge in [-0.15, -0.1) is 0 Å². The monoisotopic (exact) mass is 614 g/mol. The third kappa shape index (κ3) is 6.66. The molecule has 2 aromatic carbocycles. The average Bonchev–Trinajstić information content (AvgIpc) is 3.48. The minimum Gasteiger partial charge on any atom is -0.468 e. The Balaban J connectivity index is 1.60. The summed E-state index contributed by atoms with van der Waals surface area (Å²) in [5, 5.41) is 18.9. The van der Waals surface area contributed by atoms with Crippen molar-refractivity contribution in [2.45, 2.75) is 39.3 Å². The maximum absolute atomic E-state index is 13.7. The normalized spacial score (nSPS) is 15.2. The third-order valence-electron chi connectivity index (χ3n) is 6.61. The second-order valence-electron chi connectivity index (χ2n) is 9.41. The van der Waals surface area contributed by atoms with Crippen LogP contribution in [0.15, 0.2) is 81.1 Å². The molecule has 1 aliphatic rings. The lowest BCUT2D eigenvalue weighted by Gasteiger charge is -2.28. The van der Waals surface area contributed by atoms with Gasteiger partial charge in [-0.05, 0) is 61.7 Å². The first-order chi connectivity index (χ1) is 19.9. The van der Waals surface area contributed by atoms with Crippen molar-refractivity contribution in [3.8, 4) is 6.07 Å². The SMILES string of the molecule is CCc1cccc(C)c1NC(=O)C1=C(C)NC(SCC(=O)Nc2cc(C(F)(F)F)ccc2Cl)=C(C#N)[C@@H]1c1ccco1. The Morgan fingerprint density at radius 2 is 1.90 bits per heavy atom. The van der Waals surface area contributed by atoms with E-state index in [0.29, 0.717) is 28.6 Å². The fourth-order valence-corrected chi connectivity index (χ4v) is 5.63. The molecule has 0 fully saturated rings. The molecule has 0 radical (unpaired) electrons. The van der Waals surface area contributed by atoms with Crippen molar-refractivity contribution in [1.82, 2.24) is 5.32 Å². The first kappa shape index (κ1) is 30.8. The molecular formula is C30H26ClF3N4O3S. The molecular weight excluding hydrogens is 589 g/mol. The van der Waals surface area contributed by atoms with Gasteiger partial charge in [0.15, 0.2) is 0 Å². The number of alkyl halides is 3. The molecule has 0 unspecified atom stereocenters. The van der Waals surface area contributed by atoms with Gasteiger partial charge in [0.05, 0.1) is 56.5 Å². The molecule has 12 heteroatoms. The lowest BCUT2D eigenvalue weighted by atomic mass is 9.85. The lowest BCUT2D eigenvalue weighted by molar-refractivity contribution is -0.137. The van der Waals surface area contributed by atoms with Crippen LogP contribution in [0.2, 0.25) is 5.02 Å². The van der Waals surface area contributed by atoms with Gasteiger partial charge in [-0.3, -0.25) is 9.59 Å². The molecule has 0 spiro atoms. The number of aryl methyl sites for hydroxylation is 2. The number of hydrogen-bond acceptors (Lipinski definition) is 6. The molecule has 1 aliphatic heterocycles. The number of para-hydroxylation sites is 1. The van der Waals surface area contributed by atoms with Crippen LogP contribution in [0.3, 0.4) is 0 Å². The second-order valence-corrected chi connectivity index (χ2v) is 10.8. The number of halogens is 4. The van der Waals surface area contributed by atoms with Crippen LogP contribution in [0, 0.1) is 18.3 Å². The number of anilines is 2. The predicted octanol–water partition coefficient (Wildman–Crippen LogP) is 7.53. The molecule has 218 valence electrons. The summed E-state index contributed by atoms with van der Waals surface area (Å²) in [7, 11) is 0. The van der Waals surface area contributed by atoms with E-state index in [9.17, 15) is 28.0 Å². The quantitative estimate of drug-likeness (QED) is 0.242. The molecule has 3 aromatic rings. The fourth-order valence-electron chi connectivity index (χ4n) is 4.57. The van der Waals surface area contributed by atoms with E-state index in [2.05, 4.69) is 22.0 Å². The van der Waals surface area contributed by atoms with Crippen molar-refractivity contribution in [2.75, 3.05) is 16.4 Å². The molecule has 3 N–H and O–H groups in total. The number of nitrogens with one attached hydrogen (secondary N) is 3. The van der Waals surface area contributed by atoms with Crippen LogP contribution in [-0.4, -0.2) is 17.6 Å². The van der Waals surface area contributed by atoms with E-state index in [1.54, 1.807) is 19.1 Å². The summed E-state index contributed by atoms with van der Waals surface area (Å²) < 4.78 is 45.0. The van der Waals surface area contributed by atoms with Crippen LogP contribution in [0.25, 0.3) is 0 Å². The van der Waals surface area contributed by atoms with Gasteiger partial charge in [0.2, 0.25) is 5.91 Å². The van der Waals surface area contributed by atoms with Crippen LogP contribution in [0.1, 0.15) is 42.2 Å². The second kappa shape index (κ2) is 12.8. The van der Waals surface area contributed by atoms with Gasteiger partial charge < -0.3 is 20.4 Å². The van der Waals surface area contributed by atoms with Crippen molar-refractivity contribution in [1.29, 1.82) is 5.26 Å². The van der Waals surface area contributed by atoms with Gasteiger partial charge in [0.25, 0.3) is 5.91 Å². The molecule has 4 rings (SSSR count). The van der Waals surface area contributed by atoms with Crippen LogP contribution < -0.4 is 16.0 Å². The van der Waals surface area contributed by atoms with Crippen molar-refractivity contribution in [3.05, 3.63) is 104 Å². The Kier molecular flexibility index (Phi) is 9.39. The minimum atomic E-state index is -4.61. The molecule has 1 aromatic heterocycles. The molecule has 0 aliphatic carbocycles. The van der Waals surface area contributed by atoms with E-state index >= 15 is 0 Å². The Morgan fingerprint density at radius 3 is 2.55 bits per heavy atom. The molecule has 42 heavy (non-hydrogen) atoms. The fraction of sp³-hybridized carbons (Fsp3) is 0.233. The molecule has 1 atom stereocenters. The standard InChI is InChI=1S/C30H26ClF3N4O3S/c1-4-18-8-5-7-16(2)27(18)38-28(40)25-17(3)36-29(20(14-35)26(25)23-9-6-12-41-23)42-15-24(39)37-22-13-19(30(32,33)34)10-11-21(22)31/h5-13,26,36H,4,15H2,1-3H3,(H,37,39)(H,38,40)/t26-/m1/s1. The number of nitriles is 1. The van der Waals surface area contributed by atoms with E-state index in [4.69, 9.17) is 16.0 Å². The van der Waals surface area contributed by atoms with E-state index in [1.165, 1.54) is 6.26 Å². The zero-order valence-electron chi connectivity index (χ0n) is 22.8. The topological polar surface area (TPSA) is 107 Å². The minimum absolute atomic E-state index is 0.0544. The summed E-state index contributed by atoms with van der Waals surface area (Å²) in [6.45, 7) is 5.56. The van der Waals surface area contributed by atoms with Crippen LogP contribution >= 0.6 is 23.4 Å². The maximum atomic E-state index is 13.7. The number of hydrogen-bond donors (Lipinski definition) is 3. The summed E-state index contributed by atoms with van der Waals surface area (Å²) in [5.41, 5.74) is 2.27. The molecule has 0 bridgehead atoms. The number of thioether (sulfide) groups is 1. The van der Waals surface area contributed by atoms with Gasteiger partial charge in [-0.2, -0.15) is 18.4 Å². The Labute approximate surface area is 249 Å². The smallest absolute Gasteiger partial charge is 0.416 e. The third-order valence-corrected chi connectivity index (χ3v) is 7.96. The highest BCUT2D eigenvalue weighted by atomic mass is 35.5. The summed E-state index contributed by atoms with van der Waals surface area (Å²) in [5.74, 6) is -1.83. The van der Waals surface area contributed by atoms with E-state index in [1.807, 2.05) is 32.0 Å². The zero-order chi connectivity index (χ0) is 30.6. The van der Waals surface area contributed by atoms with Crippen molar-refractivity contribution in [2.24, 2.45) is 0 Å². The maximum Gasteiger partial charge on any atom is 0.416 e. The summed E-state index contributed by atoms with van der Waals surface area (Å²) in [4.78, 5) is 26.4. The van der Waals surface area contributed by atoms with Gasteiger partial charge >= 0.3 is 6.18 Å². The van der Waals surface area contributed by atoms with Crippen molar-refractivity contribution in [3.63, 3.8) is 0 Å². The summed E-state index contributed by atoms with van der Waals surface area (Å²) in [6.07, 6.45) is -2.47. The van der Waals surface area contributed by atoms with Gasteiger partial charge in [-0.25, -0.2) is 0 Å². The number of furan rings is 1. The van der Waals surface area contributed by atoms with E-state index < -0.39 is 29.5 Å². The predicted molar refractivity (Wildman–Crippen MR) is 157 cm³/mol. The number of dihydropyridines is 1. The number of benzene rings is 2. The molecule has 2 amide bonds. The van der Waals surface area contributed by atoms with Gasteiger partial charge in [0, 0.05) is 11.4 Å². The Hall–Kier alpha value is -4.14. The van der Waals surface area contributed by atoms with Crippen LogP contribution in [0.5, 0.6) is 0 Å². The van der Waals surface area contributed by atoms with Crippen LogP contribution in [-0.2, 0) is 22.2 Å². The number of nitrogens with zero attached hydrogens (tertiary/aromatic N) is 1. The first-order valence-corrected chi connectivity index (χ1v) is 14.2. The Bertz CT molecular complexity index is 1630. The summed E-state index contributed by atoms with van der Waals surface area (Å²) in [6, 6.07) is 13.8. The average molecular weight is 615 g/mol. The highest BCUT2D eigenvalue weighted by molar-refractivity contribution is 8.03. The lowest BCUT2D eigenvalue weighted by Crippen LogP contribution is -2.31. The summed E-state index contributed by atoms with van der Waals surface area (Å²) >= 11 is 6.97. The number of amides is 2. The van der Waals surface area contributed by atoms with E-state index in [0.717, 1.165) is 41.1 Å². The first-order valence-electron chi connectivity index (χ1n) is 12.8. The van der Waals surface area contributed by atoms with Crippen LogP contribution in [0.4, 0.5) is 24.5 Å². The number of allylic oxidation sites excluding steroid dienone is 2. The van der Waals surface area contributed by atoms with Gasteiger partial charge in [-0.1, -0.05) is 48.5 Å². The number of rotatable bonds is 8. The molecule has 7 nitrogen and oxygen atoms in total. The van der Waals surface area contributed by atoms with E-state index in [-0.39, 0.29) is 27.6 Å². The zero-order valence-corrected chi connectivity index (χ0v) is 24.4. The van der Waals surface area contributed by atoms with Crippen molar-refractivity contribution < 1.29 is 27.2 Å². The molecule has 0 saturated heterocycles. The van der Waals surface area contributed by atoms with Gasteiger partial charge in [0.1, 0.15) is 5.76 Å². The Morgan fingerprint density at radius 1 is 1.14 bits per heavy atom.